The Morgan fingerprint density at radius 1 is 1.23 bits per heavy atom. The van der Waals surface area contributed by atoms with Gasteiger partial charge in [0.05, 0.1) is 12.3 Å². The van der Waals surface area contributed by atoms with Gasteiger partial charge in [0, 0.05) is 43.4 Å². The van der Waals surface area contributed by atoms with Crippen molar-refractivity contribution in [3.05, 3.63) is 65.5 Å². The molecule has 1 aromatic carbocycles. The van der Waals surface area contributed by atoms with Gasteiger partial charge >= 0.3 is 0 Å². The Morgan fingerprint density at radius 2 is 2.00 bits per heavy atom. The summed E-state index contributed by atoms with van der Waals surface area (Å²) in [4.78, 5) is 21.8. The zero-order chi connectivity index (χ0) is 21.3. The highest BCUT2D eigenvalue weighted by molar-refractivity contribution is 6.05. The lowest BCUT2D eigenvalue weighted by atomic mass is 9.92. The van der Waals surface area contributed by atoms with Crippen LogP contribution in [0.2, 0.25) is 0 Å². The van der Waals surface area contributed by atoms with Gasteiger partial charge in [0.2, 0.25) is 11.6 Å². The number of halogens is 1. The van der Waals surface area contributed by atoms with Crippen molar-refractivity contribution in [3.8, 4) is 11.1 Å². The molecule has 1 aliphatic heterocycles. The summed E-state index contributed by atoms with van der Waals surface area (Å²) in [5, 5.41) is 8.22. The minimum atomic E-state index is -0.560. The smallest absolute Gasteiger partial charge is 0.220 e. The Hall–Kier alpha value is -3.60. The predicted molar refractivity (Wildman–Crippen MR) is 111 cm³/mol. The highest BCUT2D eigenvalue weighted by atomic mass is 19.1. The Balaban J connectivity index is 1.75. The molecular formula is C22H21FN6O. The fourth-order valence-corrected chi connectivity index (χ4v) is 4.09. The molecule has 0 N–H and O–H groups in total. The van der Waals surface area contributed by atoms with Crippen LogP contribution in [0.4, 0.5) is 15.8 Å². The van der Waals surface area contributed by atoms with Crippen molar-refractivity contribution in [1.82, 2.24) is 19.7 Å². The molecular weight excluding hydrogens is 383 g/mol. The molecule has 0 bridgehead atoms. The minimum absolute atomic E-state index is 0.153. The number of rotatable bonds is 4. The van der Waals surface area contributed by atoms with Gasteiger partial charge in [0.15, 0.2) is 0 Å². The second kappa shape index (κ2) is 8.03. The number of nitrogens with zero attached hydrogens (tertiary/aromatic N) is 6. The van der Waals surface area contributed by atoms with Crippen LogP contribution in [0.25, 0.3) is 16.0 Å². The van der Waals surface area contributed by atoms with Crippen LogP contribution in [0.5, 0.6) is 0 Å². The molecule has 1 aliphatic rings. The first-order chi connectivity index (χ1) is 14.5. The number of aryl methyl sites for hydroxylation is 1. The number of piperidine rings is 1. The largest absolute Gasteiger partial charge is 0.380 e. The molecule has 0 unspecified atom stereocenters. The summed E-state index contributed by atoms with van der Waals surface area (Å²) < 4.78 is 15.3. The monoisotopic (exact) mass is 404 g/mol. The van der Waals surface area contributed by atoms with Crippen LogP contribution in [-0.4, -0.2) is 38.6 Å². The molecule has 7 nitrogen and oxygen atoms in total. The number of ketones is 1. The molecule has 0 atom stereocenters. The van der Waals surface area contributed by atoms with E-state index in [0.29, 0.717) is 35.6 Å². The van der Waals surface area contributed by atoms with E-state index in [1.807, 2.05) is 17.7 Å². The first-order valence-electron chi connectivity index (χ1n) is 9.75. The second-order valence-corrected chi connectivity index (χ2v) is 7.46. The van der Waals surface area contributed by atoms with Crippen molar-refractivity contribution >= 4 is 17.2 Å². The van der Waals surface area contributed by atoms with Crippen LogP contribution >= 0.6 is 0 Å². The molecule has 152 valence electrons. The summed E-state index contributed by atoms with van der Waals surface area (Å²) in [5.74, 6) is 0.535. The third-order valence-electron chi connectivity index (χ3n) is 5.60. The summed E-state index contributed by atoms with van der Waals surface area (Å²) in [6.07, 6.45) is 4.88. The molecule has 30 heavy (non-hydrogen) atoms. The first kappa shape index (κ1) is 19.7. The van der Waals surface area contributed by atoms with Crippen molar-refractivity contribution in [3.63, 3.8) is 0 Å². The van der Waals surface area contributed by atoms with E-state index in [-0.39, 0.29) is 11.7 Å². The van der Waals surface area contributed by atoms with Crippen LogP contribution in [-0.2, 0) is 7.05 Å². The predicted octanol–water partition coefficient (Wildman–Crippen LogP) is 4.15. The van der Waals surface area contributed by atoms with Gasteiger partial charge in [-0.1, -0.05) is 12.1 Å². The molecule has 0 aliphatic carbocycles. The standard InChI is InChI=1S/C22H21FN6O/c1-14(30)17-5-6-18(16-4-7-19(23)25-12-16)21(20(17)24-2)29-10-8-15(9-11-29)22-27-26-13-28(22)3/h4-7,12-13,15H,8-11H2,1,3H3. The molecule has 8 heteroatoms. The lowest BCUT2D eigenvalue weighted by molar-refractivity contribution is 0.101. The van der Waals surface area contributed by atoms with Crippen molar-refractivity contribution in [2.45, 2.75) is 25.7 Å². The number of Topliss-reactive ketones (excluding diaryl/α,β-unsaturated/α-hetero) is 1. The Kier molecular flexibility index (Phi) is 5.27. The maximum Gasteiger partial charge on any atom is 0.220 e. The average Bonchev–Trinajstić information content (AvgIpc) is 3.19. The van der Waals surface area contributed by atoms with Gasteiger partial charge in [-0.3, -0.25) is 4.79 Å². The summed E-state index contributed by atoms with van der Waals surface area (Å²) >= 11 is 0. The molecule has 1 fully saturated rings. The Morgan fingerprint density at radius 3 is 2.57 bits per heavy atom. The van der Waals surface area contributed by atoms with Crippen LogP contribution < -0.4 is 4.90 Å². The second-order valence-electron chi connectivity index (χ2n) is 7.46. The number of pyridine rings is 1. The van der Waals surface area contributed by atoms with Crippen molar-refractivity contribution in [2.24, 2.45) is 7.05 Å². The molecule has 3 heterocycles. The number of carbonyl (C=O) groups is 1. The summed E-state index contributed by atoms with van der Waals surface area (Å²) in [5.41, 5.74) is 2.93. The van der Waals surface area contributed by atoms with Crippen molar-refractivity contribution in [2.75, 3.05) is 18.0 Å². The van der Waals surface area contributed by atoms with E-state index in [4.69, 9.17) is 6.57 Å². The van der Waals surface area contributed by atoms with E-state index in [2.05, 4.69) is 24.9 Å². The van der Waals surface area contributed by atoms with E-state index in [1.165, 1.54) is 19.2 Å². The summed E-state index contributed by atoms with van der Waals surface area (Å²) in [7, 11) is 1.94. The quantitative estimate of drug-likeness (QED) is 0.371. The molecule has 4 rings (SSSR count). The van der Waals surface area contributed by atoms with Gasteiger partial charge in [-0.25, -0.2) is 9.83 Å². The first-order valence-corrected chi connectivity index (χ1v) is 9.75. The van der Waals surface area contributed by atoms with Crippen LogP contribution in [0.15, 0.2) is 36.8 Å². The van der Waals surface area contributed by atoms with Crippen LogP contribution in [0.1, 0.15) is 41.9 Å². The van der Waals surface area contributed by atoms with Gasteiger partial charge in [0.25, 0.3) is 0 Å². The van der Waals surface area contributed by atoms with E-state index in [0.717, 1.165) is 24.2 Å². The lowest BCUT2D eigenvalue weighted by Gasteiger charge is -2.35. The molecule has 0 spiro atoms. The number of hydrogen-bond donors (Lipinski definition) is 0. The lowest BCUT2D eigenvalue weighted by Crippen LogP contribution is -2.34. The SMILES string of the molecule is [C-]#[N+]c1c(C(C)=O)ccc(-c2ccc(F)nc2)c1N1CCC(c2nncn2C)CC1. The van der Waals surface area contributed by atoms with Gasteiger partial charge in [-0.15, -0.1) is 10.2 Å². The zero-order valence-electron chi connectivity index (χ0n) is 16.8. The molecule has 2 aromatic heterocycles. The van der Waals surface area contributed by atoms with Crippen LogP contribution in [0.3, 0.4) is 0 Å². The number of aromatic nitrogens is 4. The molecule has 3 aromatic rings. The van der Waals surface area contributed by atoms with Gasteiger partial charge in [-0.05, 0) is 37.5 Å². The van der Waals surface area contributed by atoms with Gasteiger partial charge in [-0.2, -0.15) is 4.39 Å². The van der Waals surface area contributed by atoms with Gasteiger partial charge < -0.3 is 9.47 Å². The fraction of sp³-hybridized carbons (Fsp3) is 0.318. The molecule has 1 saturated heterocycles. The average molecular weight is 404 g/mol. The third kappa shape index (κ3) is 3.54. The highest BCUT2D eigenvalue weighted by Crippen LogP contribution is 2.43. The summed E-state index contributed by atoms with van der Waals surface area (Å²) in [6.45, 7) is 10.6. The van der Waals surface area contributed by atoms with Crippen molar-refractivity contribution < 1.29 is 9.18 Å². The number of carbonyl (C=O) groups excluding carboxylic acids is 1. The highest BCUT2D eigenvalue weighted by Gasteiger charge is 2.28. The molecule has 0 radical (unpaired) electrons. The zero-order valence-corrected chi connectivity index (χ0v) is 16.8. The fourth-order valence-electron chi connectivity index (χ4n) is 4.09. The normalized spacial score (nSPS) is 14.5. The Labute approximate surface area is 174 Å². The van der Waals surface area contributed by atoms with E-state index in [1.54, 1.807) is 18.5 Å². The molecule has 0 saturated carbocycles. The summed E-state index contributed by atoms with van der Waals surface area (Å²) in [6, 6.07) is 6.44. The topological polar surface area (TPSA) is 68.3 Å². The maximum absolute atomic E-state index is 13.4. The maximum atomic E-state index is 13.4. The number of anilines is 1. The van der Waals surface area contributed by atoms with Crippen LogP contribution in [0, 0.1) is 12.5 Å². The number of hydrogen-bond acceptors (Lipinski definition) is 5. The molecule has 0 amide bonds. The van der Waals surface area contributed by atoms with E-state index >= 15 is 0 Å². The van der Waals surface area contributed by atoms with E-state index < -0.39 is 5.95 Å². The minimum Gasteiger partial charge on any atom is -0.380 e. The van der Waals surface area contributed by atoms with Crippen molar-refractivity contribution in [1.29, 1.82) is 0 Å². The Bertz CT molecular complexity index is 1120. The van der Waals surface area contributed by atoms with E-state index in [9.17, 15) is 9.18 Å². The van der Waals surface area contributed by atoms with Gasteiger partial charge in [0.1, 0.15) is 17.9 Å². The third-order valence-corrected chi connectivity index (χ3v) is 5.60. The number of benzene rings is 1.